The fourth-order valence-electron chi connectivity index (χ4n) is 2.04. The van der Waals surface area contributed by atoms with Gasteiger partial charge in [0.25, 0.3) is 0 Å². The largest absolute Gasteiger partial charge is 0.494 e. The van der Waals surface area contributed by atoms with Gasteiger partial charge in [-0.1, -0.05) is 36.4 Å². The Balaban J connectivity index is 2.04. The van der Waals surface area contributed by atoms with Gasteiger partial charge in [0.2, 0.25) is 0 Å². The number of rotatable bonds is 6. The second-order valence-corrected chi connectivity index (χ2v) is 4.67. The minimum absolute atomic E-state index is 0.116. The van der Waals surface area contributed by atoms with Gasteiger partial charge >= 0.3 is 0 Å². The summed E-state index contributed by atoms with van der Waals surface area (Å²) >= 11 is 0. The smallest absolute Gasteiger partial charge is 0.123 e. The maximum Gasteiger partial charge on any atom is 0.123 e. The molecule has 0 aliphatic carbocycles. The van der Waals surface area contributed by atoms with Gasteiger partial charge in [-0.25, -0.2) is 0 Å². The van der Waals surface area contributed by atoms with Crippen LogP contribution in [-0.4, -0.2) is 12.7 Å². The molecular formula is C17H21NO2. The second-order valence-electron chi connectivity index (χ2n) is 4.67. The average Bonchev–Trinajstić information content (AvgIpc) is 2.48. The summed E-state index contributed by atoms with van der Waals surface area (Å²) in [6.07, 6.45) is -0.116. The van der Waals surface area contributed by atoms with Crippen molar-refractivity contribution in [2.45, 2.75) is 26.0 Å². The van der Waals surface area contributed by atoms with Crippen molar-refractivity contribution in [3.8, 4) is 11.5 Å². The molecule has 0 bridgehead atoms. The third-order valence-electron chi connectivity index (χ3n) is 3.13. The molecule has 106 valence electrons. The van der Waals surface area contributed by atoms with E-state index in [0.29, 0.717) is 6.61 Å². The first-order valence-corrected chi connectivity index (χ1v) is 6.90. The Morgan fingerprint density at radius 2 is 1.70 bits per heavy atom. The Morgan fingerprint density at radius 3 is 2.40 bits per heavy atom. The highest BCUT2D eigenvalue weighted by Crippen LogP contribution is 2.23. The van der Waals surface area contributed by atoms with Crippen LogP contribution in [0.3, 0.4) is 0 Å². The zero-order valence-electron chi connectivity index (χ0n) is 12.0. The molecule has 0 fully saturated rings. The molecule has 0 aliphatic heterocycles. The normalized spacial score (nSPS) is 13.6. The molecule has 3 heteroatoms. The van der Waals surface area contributed by atoms with Crippen LogP contribution in [0.25, 0.3) is 0 Å². The molecule has 2 aromatic rings. The molecule has 0 heterocycles. The van der Waals surface area contributed by atoms with Crippen LogP contribution in [0.1, 0.15) is 25.5 Å². The van der Waals surface area contributed by atoms with E-state index in [-0.39, 0.29) is 12.1 Å². The van der Waals surface area contributed by atoms with Crippen LogP contribution in [0, 0.1) is 0 Å². The maximum atomic E-state index is 6.23. The van der Waals surface area contributed by atoms with Crippen molar-refractivity contribution in [2.24, 2.45) is 5.73 Å². The first-order chi connectivity index (χ1) is 9.70. The van der Waals surface area contributed by atoms with Gasteiger partial charge in [0.15, 0.2) is 0 Å². The molecule has 2 rings (SSSR count). The van der Waals surface area contributed by atoms with E-state index in [1.807, 2.05) is 68.4 Å². The Hall–Kier alpha value is -2.00. The van der Waals surface area contributed by atoms with Gasteiger partial charge < -0.3 is 15.2 Å². The maximum absolute atomic E-state index is 6.23. The number of benzene rings is 2. The molecule has 0 saturated heterocycles. The quantitative estimate of drug-likeness (QED) is 0.873. The Labute approximate surface area is 120 Å². The lowest BCUT2D eigenvalue weighted by Crippen LogP contribution is -2.28. The summed E-state index contributed by atoms with van der Waals surface area (Å²) in [6, 6.07) is 17.4. The zero-order valence-corrected chi connectivity index (χ0v) is 12.0. The van der Waals surface area contributed by atoms with Crippen LogP contribution in [0.5, 0.6) is 11.5 Å². The van der Waals surface area contributed by atoms with Crippen LogP contribution in [0.15, 0.2) is 54.6 Å². The van der Waals surface area contributed by atoms with Crippen molar-refractivity contribution in [3.05, 3.63) is 60.2 Å². The molecule has 0 aromatic heterocycles. The first kappa shape index (κ1) is 14.4. The molecule has 2 atom stereocenters. The fourth-order valence-corrected chi connectivity index (χ4v) is 2.04. The fraction of sp³-hybridized carbons (Fsp3) is 0.294. The number of hydrogen-bond donors (Lipinski definition) is 1. The Kier molecular flexibility index (Phi) is 5.02. The number of ether oxygens (including phenoxy) is 2. The van der Waals surface area contributed by atoms with Crippen molar-refractivity contribution in [2.75, 3.05) is 6.61 Å². The summed E-state index contributed by atoms with van der Waals surface area (Å²) in [5.74, 6) is 1.58. The van der Waals surface area contributed by atoms with Gasteiger partial charge in [-0.05, 0) is 31.5 Å². The van der Waals surface area contributed by atoms with E-state index in [0.717, 1.165) is 17.1 Å². The minimum Gasteiger partial charge on any atom is -0.494 e. The second kappa shape index (κ2) is 6.96. The average molecular weight is 271 g/mol. The summed E-state index contributed by atoms with van der Waals surface area (Å²) in [4.78, 5) is 0. The lowest BCUT2D eigenvalue weighted by molar-refractivity contribution is 0.189. The van der Waals surface area contributed by atoms with Gasteiger partial charge in [0, 0.05) is 6.07 Å². The van der Waals surface area contributed by atoms with Gasteiger partial charge in [-0.3, -0.25) is 0 Å². The van der Waals surface area contributed by atoms with Gasteiger partial charge in [-0.2, -0.15) is 0 Å². The van der Waals surface area contributed by atoms with E-state index < -0.39 is 0 Å². The molecule has 0 amide bonds. The summed E-state index contributed by atoms with van der Waals surface area (Å²) in [7, 11) is 0. The SMILES string of the molecule is CCOc1cccc(OC(C)C(N)c2ccccc2)c1. The molecule has 0 aliphatic rings. The van der Waals surface area contributed by atoms with Crippen molar-refractivity contribution in [1.29, 1.82) is 0 Å². The van der Waals surface area contributed by atoms with Crippen molar-refractivity contribution in [3.63, 3.8) is 0 Å². The highest BCUT2D eigenvalue weighted by molar-refractivity contribution is 5.33. The van der Waals surface area contributed by atoms with Crippen LogP contribution >= 0.6 is 0 Å². The molecule has 2 N–H and O–H groups in total. The highest BCUT2D eigenvalue weighted by atomic mass is 16.5. The van der Waals surface area contributed by atoms with Crippen molar-refractivity contribution < 1.29 is 9.47 Å². The molecule has 2 unspecified atom stereocenters. The summed E-state index contributed by atoms with van der Waals surface area (Å²) in [5.41, 5.74) is 7.30. The van der Waals surface area contributed by atoms with Gasteiger partial charge in [-0.15, -0.1) is 0 Å². The lowest BCUT2D eigenvalue weighted by atomic mass is 10.0. The predicted octanol–water partition coefficient (Wildman–Crippen LogP) is 3.55. The van der Waals surface area contributed by atoms with E-state index >= 15 is 0 Å². The van der Waals surface area contributed by atoms with E-state index in [2.05, 4.69) is 0 Å². The Bertz CT molecular complexity index is 528. The van der Waals surface area contributed by atoms with Gasteiger partial charge in [0.05, 0.1) is 12.6 Å². The monoisotopic (exact) mass is 271 g/mol. The molecular weight excluding hydrogens is 250 g/mol. The van der Waals surface area contributed by atoms with E-state index in [1.54, 1.807) is 0 Å². The Morgan fingerprint density at radius 1 is 1.00 bits per heavy atom. The topological polar surface area (TPSA) is 44.5 Å². The first-order valence-electron chi connectivity index (χ1n) is 6.90. The number of hydrogen-bond acceptors (Lipinski definition) is 3. The molecule has 3 nitrogen and oxygen atoms in total. The minimum atomic E-state index is -0.160. The standard InChI is InChI=1S/C17H21NO2/c1-3-19-15-10-7-11-16(12-15)20-13(2)17(18)14-8-5-4-6-9-14/h4-13,17H,3,18H2,1-2H3. The summed E-state index contributed by atoms with van der Waals surface area (Å²) in [5, 5.41) is 0. The third-order valence-corrected chi connectivity index (χ3v) is 3.13. The summed E-state index contributed by atoms with van der Waals surface area (Å²) in [6.45, 7) is 4.58. The van der Waals surface area contributed by atoms with Crippen molar-refractivity contribution >= 4 is 0 Å². The van der Waals surface area contributed by atoms with E-state index in [4.69, 9.17) is 15.2 Å². The third kappa shape index (κ3) is 3.75. The predicted molar refractivity (Wildman–Crippen MR) is 81.1 cm³/mol. The molecule has 0 saturated carbocycles. The molecule has 20 heavy (non-hydrogen) atoms. The molecule has 0 radical (unpaired) electrons. The molecule has 2 aromatic carbocycles. The van der Waals surface area contributed by atoms with E-state index in [9.17, 15) is 0 Å². The van der Waals surface area contributed by atoms with Crippen LogP contribution in [0.4, 0.5) is 0 Å². The summed E-state index contributed by atoms with van der Waals surface area (Å²) < 4.78 is 11.4. The van der Waals surface area contributed by atoms with Crippen molar-refractivity contribution in [1.82, 2.24) is 0 Å². The lowest BCUT2D eigenvalue weighted by Gasteiger charge is -2.22. The highest BCUT2D eigenvalue weighted by Gasteiger charge is 2.16. The van der Waals surface area contributed by atoms with Crippen LogP contribution in [0.2, 0.25) is 0 Å². The van der Waals surface area contributed by atoms with Gasteiger partial charge in [0.1, 0.15) is 17.6 Å². The molecule has 0 spiro atoms. The van der Waals surface area contributed by atoms with Crippen LogP contribution < -0.4 is 15.2 Å². The van der Waals surface area contributed by atoms with Crippen LogP contribution in [-0.2, 0) is 0 Å². The zero-order chi connectivity index (χ0) is 14.4. The van der Waals surface area contributed by atoms with E-state index in [1.165, 1.54) is 0 Å². The number of nitrogens with two attached hydrogens (primary N) is 1.